The summed E-state index contributed by atoms with van der Waals surface area (Å²) >= 11 is 6.38. The summed E-state index contributed by atoms with van der Waals surface area (Å²) in [6, 6.07) is 15.2. The molecule has 1 aliphatic heterocycles. The number of halogens is 1. The lowest BCUT2D eigenvalue weighted by Gasteiger charge is -2.36. The van der Waals surface area contributed by atoms with Crippen molar-refractivity contribution in [1.29, 1.82) is 0 Å². The van der Waals surface area contributed by atoms with Crippen LogP contribution in [-0.2, 0) is 10.0 Å². The van der Waals surface area contributed by atoms with Crippen molar-refractivity contribution in [2.24, 2.45) is 0 Å². The molecule has 2 amide bonds. The number of piperazine rings is 1. The molecule has 13 heteroatoms. The van der Waals surface area contributed by atoms with Gasteiger partial charge >= 0.3 is 0 Å². The molecule has 0 spiro atoms. The van der Waals surface area contributed by atoms with Crippen LogP contribution in [0.1, 0.15) is 33.2 Å². The van der Waals surface area contributed by atoms with Gasteiger partial charge in [-0.2, -0.15) is 9.61 Å². The molecule has 0 aliphatic carbocycles. The maximum absolute atomic E-state index is 13.8. The van der Waals surface area contributed by atoms with Crippen molar-refractivity contribution in [2.75, 3.05) is 42.1 Å². The van der Waals surface area contributed by atoms with Gasteiger partial charge in [-0.1, -0.05) is 41.9 Å². The summed E-state index contributed by atoms with van der Waals surface area (Å²) in [5.41, 5.74) is 2.94. The topological polar surface area (TPSA) is 129 Å². The van der Waals surface area contributed by atoms with Crippen LogP contribution in [0.2, 0.25) is 5.02 Å². The van der Waals surface area contributed by atoms with Gasteiger partial charge in [0.2, 0.25) is 10.0 Å². The van der Waals surface area contributed by atoms with Crippen LogP contribution >= 0.6 is 11.6 Å². The van der Waals surface area contributed by atoms with Gasteiger partial charge in [0.25, 0.3) is 11.8 Å². The lowest BCUT2D eigenvalue weighted by atomic mass is 10.1. The van der Waals surface area contributed by atoms with Crippen LogP contribution in [0.5, 0.6) is 0 Å². The number of carbonyl (C=O) groups is 2. The molecule has 2 N–H and O–H groups in total. The first-order valence-electron chi connectivity index (χ1n) is 12.7. The molecule has 11 nitrogen and oxygen atoms in total. The van der Waals surface area contributed by atoms with Crippen molar-refractivity contribution in [3.63, 3.8) is 0 Å². The molecule has 1 fully saturated rings. The number of rotatable bonds is 7. The van der Waals surface area contributed by atoms with Gasteiger partial charge in [0.05, 0.1) is 22.7 Å². The maximum atomic E-state index is 13.8. The average Bonchev–Trinajstić information content (AvgIpc) is 3.39. The number of nitrogens with zero attached hydrogens (tertiary/aromatic N) is 5. The van der Waals surface area contributed by atoms with Crippen LogP contribution in [0, 0.1) is 6.92 Å². The quantitative estimate of drug-likeness (QED) is 0.339. The third kappa shape index (κ3) is 5.45. The fourth-order valence-electron chi connectivity index (χ4n) is 4.51. The van der Waals surface area contributed by atoms with Crippen LogP contribution in [0.25, 0.3) is 5.65 Å². The van der Waals surface area contributed by atoms with Gasteiger partial charge in [-0.3, -0.25) is 9.59 Å². The van der Waals surface area contributed by atoms with Crippen molar-refractivity contribution < 1.29 is 18.0 Å². The first-order chi connectivity index (χ1) is 19.2. The highest BCUT2D eigenvalue weighted by atomic mass is 35.5. The van der Waals surface area contributed by atoms with Gasteiger partial charge in [0.15, 0.2) is 5.65 Å². The molecule has 1 saturated heterocycles. The summed E-state index contributed by atoms with van der Waals surface area (Å²) in [5.74, 6) is -1.04. The molecular weight excluding hydrogens is 554 g/mol. The van der Waals surface area contributed by atoms with Crippen molar-refractivity contribution in [3.05, 3.63) is 82.6 Å². The van der Waals surface area contributed by atoms with E-state index in [1.807, 2.05) is 60.2 Å². The monoisotopic (exact) mass is 581 g/mol. The fraction of sp³-hybridized carbons (Fsp3) is 0.259. The molecule has 0 unspecified atom stereocenters. The molecule has 3 heterocycles. The number of aryl methyl sites for hydroxylation is 1. The highest BCUT2D eigenvalue weighted by Gasteiger charge is 2.28. The molecule has 0 bridgehead atoms. The summed E-state index contributed by atoms with van der Waals surface area (Å²) in [5, 5.41) is 8.27. The van der Waals surface area contributed by atoms with E-state index in [9.17, 15) is 18.0 Å². The largest absolute Gasteiger partial charge is 0.367 e. The number of anilines is 3. The first-order valence-corrected chi connectivity index (χ1v) is 14.7. The second kappa shape index (κ2) is 11.1. The molecule has 0 radical (unpaired) electrons. The fourth-order valence-corrected chi connectivity index (χ4v) is 5.30. The predicted octanol–water partition coefficient (Wildman–Crippen LogP) is 3.48. The number of para-hydroxylation sites is 2. The molecule has 5 rings (SSSR count). The number of hydrogen-bond donors (Lipinski definition) is 2. The van der Waals surface area contributed by atoms with Gasteiger partial charge in [-0.05, 0) is 37.6 Å². The molecule has 2 aromatic carbocycles. The molecule has 2 aromatic heterocycles. The van der Waals surface area contributed by atoms with Crippen molar-refractivity contribution in [2.45, 2.75) is 13.8 Å². The van der Waals surface area contributed by atoms with Crippen LogP contribution in [0.4, 0.5) is 17.2 Å². The Morgan fingerprint density at radius 2 is 1.68 bits per heavy atom. The molecule has 0 atom stereocenters. The number of sulfonamides is 1. The van der Waals surface area contributed by atoms with E-state index in [2.05, 4.69) is 20.3 Å². The zero-order chi connectivity index (χ0) is 28.4. The Labute approximate surface area is 236 Å². The van der Waals surface area contributed by atoms with Crippen LogP contribution < -0.4 is 14.9 Å². The van der Waals surface area contributed by atoms with E-state index < -0.39 is 15.9 Å². The van der Waals surface area contributed by atoms with Gasteiger partial charge < -0.3 is 15.1 Å². The Morgan fingerprint density at radius 3 is 2.38 bits per heavy atom. The summed E-state index contributed by atoms with van der Waals surface area (Å²) in [7, 11) is -3.79. The molecule has 208 valence electrons. The van der Waals surface area contributed by atoms with E-state index in [0.717, 1.165) is 16.9 Å². The second-order valence-corrected chi connectivity index (χ2v) is 11.7. The zero-order valence-corrected chi connectivity index (χ0v) is 23.5. The third-order valence-electron chi connectivity index (χ3n) is 6.79. The minimum Gasteiger partial charge on any atom is -0.367 e. The van der Waals surface area contributed by atoms with E-state index in [1.165, 1.54) is 23.8 Å². The summed E-state index contributed by atoms with van der Waals surface area (Å²) < 4.78 is 27.3. The third-order valence-corrected chi connectivity index (χ3v) is 8.36. The molecule has 40 heavy (non-hydrogen) atoms. The first kappa shape index (κ1) is 27.4. The minimum absolute atomic E-state index is 0.0304. The minimum atomic E-state index is -3.79. The van der Waals surface area contributed by atoms with E-state index in [-0.39, 0.29) is 28.4 Å². The second-order valence-electron chi connectivity index (χ2n) is 9.32. The number of aromatic nitrogens is 3. The van der Waals surface area contributed by atoms with Gasteiger partial charge in [-0.25, -0.2) is 18.1 Å². The normalized spacial score (nSPS) is 13.9. The van der Waals surface area contributed by atoms with Gasteiger partial charge in [0.1, 0.15) is 16.9 Å². The maximum Gasteiger partial charge on any atom is 0.270 e. The number of carbonyl (C=O) groups excluding carboxylic acids is 2. The Balaban J connectivity index is 1.49. The smallest absolute Gasteiger partial charge is 0.270 e. The Hall–Kier alpha value is -4.16. The van der Waals surface area contributed by atoms with E-state index in [0.29, 0.717) is 37.0 Å². The lowest BCUT2D eigenvalue weighted by Crippen LogP contribution is -2.49. The van der Waals surface area contributed by atoms with Crippen molar-refractivity contribution in [3.8, 4) is 0 Å². The Kier molecular flexibility index (Phi) is 7.63. The summed E-state index contributed by atoms with van der Waals surface area (Å²) in [4.78, 5) is 34.8. The van der Waals surface area contributed by atoms with E-state index in [1.54, 1.807) is 4.90 Å². The standard InChI is InChI=1S/C27H28ClN7O4S/c1-3-40(38,39)32-26(36)19-17-30-35-24(19)29-16-20(25(35)31-22-10-6-4-8-18(22)2)27(37)34-14-12-33(13-15-34)23-11-7-5-9-21(23)28/h4-11,16-17,31H,3,12-15H2,1-2H3,(H,32,36). The van der Waals surface area contributed by atoms with Crippen LogP contribution in [0.3, 0.4) is 0 Å². The Morgan fingerprint density at radius 1 is 0.975 bits per heavy atom. The number of fused-ring (bicyclic) bond motifs is 1. The average molecular weight is 582 g/mol. The number of nitrogens with one attached hydrogen (secondary N) is 2. The predicted molar refractivity (Wildman–Crippen MR) is 154 cm³/mol. The number of benzene rings is 2. The van der Waals surface area contributed by atoms with Crippen molar-refractivity contribution >= 4 is 56.3 Å². The van der Waals surface area contributed by atoms with E-state index in [4.69, 9.17) is 11.6 Å². The van der Waals surface area contributed by atoms with Gasteiger partial charge in [-0.15, -0.1) is 0 Å². The van der Waals surface area contributed by atoms with Crippen LogP contribution in [-0.4, -0.2) is 71.7 Å². The molecule has 1 aliphatic rings. The molecule has 0 saturated carbocycles. The van der Waals surface area contributed by atoms with Crippen molar-refractivity contribution in [1.82, 2.24) is 24.2 Å². The zero-order valence-electron chi connectivity index (χ0n) is 22.0. The van der Waals surface area contributed by atoms with E-state index >= 15 is 0 Å². The number of hydrogen-bond acceptors (Lipinski definition) is 8. The highest BCUT2D eigenvalue weighted by molar-refractivity contribution is 7.90. The Bertz CT molecular complexity index is 1700. The highest BCUT2D eigenvalue weighted by Crippen LogP contribution is 2.29. The van der Waals surface area contributed by atoms with Crippen LogP contribution in [0.15, 0.2) is 60.9 Å². The summed E-state index contributed by atoms with van der Waals surface area (Å²) in [6.45, 7) is 5.49. The molecule has 4 aromatic rings. The summed E-state index contributed by atoms with van der Waals surface area (Å²) in [6.07, 6.45) is 2.63. The lowest BCUT2D eigenvalue weighted by molar-refractivity contribution is 0.0746. The number of amides is 2. The van der Waals surface area contributed by atoms with Gasteiger partial charge in [0, 0.05) is 38.1 Å². The molecular formula is C27H28ClN7O4S. The SMILES string of the molecule is CCS(=O)(=O)NC(=O)c1cnn2c(Nc3ccccc3C)c(C(=O)N3CCN(c4ccccc4Cl)CC3)cnc12.